The first-order valence-electron chi connectivity index (χ1n) is 5.60. The Morgan fingerprint density at radius 2 is 1.94 bits per heavy atom. The predicted octanol–water partition coefficient (Wildman–Crippen LogP) is 3.22. The van der Waals surface area contributed by atoms with Gasteiger partial charge < -0.3 is 4.74 Å². The molecule has 0 radical (unpaired) electrons. The summed E-state index contributed by atoms with van der Waals surface area (Å²) < 4.78 is 31.5. The molecule has 4 heteroatoms. The molecule has 0 amide bonds. The van der Waals surface area contributed by atoms with Crippen molar-refractivity contribution in [1.29, 1.82) is 0 Å². The van der Waals surface area contributed by atoms with Crippen LogP contribution in [0.3, 0.4) is 0 Å². The topological polar surface area (TPSA) is 26.3 Å². The summed E-state index contributed by atoms with van der Waals surface area (Å²) in [4.78, 5) is 10.5. The molecule has 17 heavy (non-hydrogen) atoms. The van der Waals surface area contributed by atoms with E-state index in [1.165, 1.54) is 12.1 Å². The number of ether oxygens (including phenoxy) is 1. The molecule has 0 aliphatic heterocycles. The molecule has 0 heterocycles. The third kappa shape index (κ3) is 3.02. The summed E-state index contributed by atoms with van der Waals surface area (Å²) in [5, 5.41) is 0. The Kier molecular flexibility index (Phi) is 3.13. The molecule has 0 bridgehead atoms. The predicted molar refractivity (Wildman–Crippen MR) is 58.9 cm³/mol. The Morgan fingerprint density at radius 3 is 2.41 bits per heavy atom. The second kappa shape index (κ2) is 4.43. The smallest absolute Gasteiger partial charge is 0.306 e. The lowest BCUT2D eigenvalue weighted by Crippen LogP contribution is -2.22. The third-order valence-corrected chi connectivity index (χ3v) is 2.84. The first-order chi connectivity index (χ1) is 7.99. The fourth-order valence-corrected chi connectivity index (χ4v) is 1.69. The van der Waals surface area contributed by atoms with Crippen molar-refractivity contribution < 1.29 is 18.3 Å². The lowest BCUT2D eigenvalue weighted by molar-refractivity contribution is -0.153. The van der Waals surface area contributed by atoms with Crippen LogP contribution in [0, 0.1) is 0 Å². The van der Waals surface area contributed by atoms with Gasteiger partial charge in [0.05, 0.1) is 0 Å². The lowest BCUT2D eigenvalue weighted by Gasteiger charge is -2.16. The van der Waals surface area contributed by atoms with Crippen LogP contribution < -0.4 is 0 Å². The summed E-state index contributed by atoms with van der Waals surface area (Å²) in [6.45, 7) is 0.220. The molecule has 0 unspecified atom stereocenters. The maximum Gasteiger partial charge on any atom is 0.306 e. The summed E-state index contributed by atoms with van der Waals surface area (Å²) in [5.74, 6) is -3.27. The van der Waals surface area contributed by atoms with E-state index in [-0.39, 0.29) is 5.56 Å². The van der Waals surface area contributed by atoms with Gasteiger partial charge in [-0.15, -0.1) is 0 Å². The molecule has 0 aromatic heterocycles. The minimum atomic E-state index is -3.12. The zero-order chi connectivity index (χ0) is 12.5. The summed E-state index contributed by atoms with van der Waals surface area (Å²) in [5.41, 5.74) is 1.00. The van der Waals surface area contributed by atoms with Gasteiger partial charge in [-0.1, -0.05) is 24.3 Å². The van der Waals surface area contributed by atoms with Crippen molar-refractivity contribution in [2.24, 2.45) is 0 Å². The van der Waals surface area contributed by atoms with E-state index >= 15 is 0 Å². The number of hydrogen-bond acceptors (Lipinski definition) is 2. The molecule has 0 atom stereocenters. The van der Waals surface area contributed by atoms with Crippen LogP contribution in [0.5, 0.6) is 0 Å². The van der Waals surface area contributed by atoms with Crippen molar-refractivity contribution in [3.63, 3.8) is 0 Å². The van der Waals surface area contributed by atoms with Crippen LogP contribution in [0.1, 0.15) is 36.8 Å². The van der Waals surface area contributed by atoms with Gasteiger partial charge in [0.2, 0.25) is 0 Å². The van der Waals surface area contributed by atoms with Gasteiger partial charge in [0.25, 0.3) is 0 Å². The summed E-state index contributed by atoms with van der Waals surface area (Å²) in [6.07, 6.45) is 2.28. The van der Waals surface area contributed by atoms with Gasteiger partial charge in [0.1, 0.15) is 0 Å². The number of carbonyl (C=O) groups is 1. The van der Waals surface area contributed by atoms with Gasteiger partial charge >= 0.3 is 11.9 Å². The number of benzene rings is 1. The number of carbonyl (C=O) groups excluding carboxylic acids is 1. The second-order valence-corrected chi connectivity index (χ2v) is 4.38. The highest BCUT2D eigenvalue weighted by molar-refractivity contribution is 5.65. The van der Waals surface area contributed by atoms with Crippen LogP contribution in [0.2, 0.25) is 0 Å². The zero-order valence-corrected chi connectivity index (χ0v) is 9.58. The third-order valence-electron chi connectivity index (χ3n) is 2.84. The molecule has 1 aliphatic carbocycles. The van der Waals surface area contributed by atoms with Crippen molar-refractivity contribution in [2.75, 3.05) is 6.61 Å². The molecule has 2 nitrogen and oxygen atoms in total. The van der Waals surface area contributed by atoms with Crippen molar-refractivity contribution in [1.82, 2.24) is 0 Å². The van der Waals surface area contributed by atoms with E-state index in [2.05, 4.69) is 4.74 Å². The molecule has 2 rings (SSSR count). The fourth-order valence-electron chi connectivity index (χ4n) is 1.69. The number of alkyl halides is 2. The molecule has 0 saturated heterocycles. The van der Waals surface area contributed by atoms with Crippen molar-refractivity contribution in [2.45, 2.75) is 31.6 Å². The molecule has 1 fully saturated rings. The summed E-state index contributed by atoms with van der Waals surface area (Å²) >= 11 is 0. The van der Waals surface area contributed by atoms with Gasteiger partial charge in [0, 0.05) is 12.5 Å². The Bertz CT molecular complexity index is 408. The van der Waals surface area contributed by atoms with E-state index in [4.69, 9.17) is 0 Å². The first-order valence-corrected chi connectivity index (χ1v) is 5.60. The highest BCUT2D eigenvalue weighted by atomic mass is 19.3. The minimum absolute atomic E-state index is 0.108. The number of halogens is 2. The Morgan fingerprint density at radius 1 is 1.35 bits per heavy atom. The molecule has 92 valence electrons. The monoisotopic (exact) mass is 240 g/mol. The molecular weight excluding hydrogens is 226 g/mol. The highest BCUT2D eigenvalue weighted by Gasteiger charge is 2.33. The lowest BCUT2D eigenvalue weighted by atomic mass is 10.0. The van der Waals surface area contributed by atoms with E-state index in [9.17, 15) is 13.6 Å². The van der Waals surface area contributed by atoms with E-state index in [1.807, 2.05) is 0 Å². The zero-order valence-electron chi connectivity index (χ0n) is 9.58. The maximum atomic E-state index is 13.6. The summed E-state index contributed by atoms with van der Waals surface area (Å²) in [7, 11) is 0. The van der Waals surface area contributed by atoms with E-state index in [0.717, 1.165) is 25.3 Å². The quantitative estimate of drug-likeness (QED) is 0.755. The van der Waals surface area contributed by atoms with Gasteiger partial charge in [-0.2, -0.15) is 8.78 Å². The molecule has 0 N–H and O–H groups in total. The Balaban J connectivity index is 2.06. The average Bonchev–Trinajstić information content (AvgIpc) is 3.11. The van der Waals surface area contributed by atoms with Crippen LogP contribution in [0.4, 0.5) is 8.78 Å². The van der Waals surface area contributed by atoms with Crippen LogP contribution in [0.15, 0.2) is 24.3 Å². The van der Waals surface area contributed by atoms with Crippen LogP contribution in [0.25, 0.3) is 0 Å². The number of rotatable bonds is 4. The molecule has 1 saturated carbocycles. The number of esters is 1. The first kappa shape index (κ1) is 12.0. The van der Waals surface area contributed by atoms with Gasteiger partial charge in [-0.3, -0.25) is 4.79 Å². The van der Waals surface area contributed by atoms with Crippen molar-refractivity contribution >= 4 is 5.97 Å². The maximum absolute atomic E-state index is 13.6. The standard InChI is InChI=1S/C13H14F2O2/c1-9(16)17-8-13(14,15)12-6-4-11(5-7-12)10-2-3-10/h4-7,10H,2-3,8H2,1H3. The minimum Gasteiger partial charge on any atom is -0.459 e. The van der Waals surface area contributed by atoms with Crippen molar-refractivity contribution in [3.8, 4) is 0 Å². The van der Waals surface area contributed by atoms with Gasteiger partial charge in [-0.25, -0.2) is 0 Å². The van der Waals surface area contributed by atoms with Gasteiger partial charge in [0.15, 0.2) is 6.61 Å². The molecule has 1 aromatic carbocycles. The SMILES string of the molecule is CC(=O)OCC(F)(F)c1ccc(C2CC2)cc1. The molecule has 0 spiro atoms. The molecule has 1 aliphatic rings. The van der Waals surface area contributed by atoms with E-state index in [0.29, 0.717) is 5.92 Å². The van der Waals surface area contributed by atoms with Crippen LogP contribution >= 0.6 is 0 Å². The summed E-state index contributed by atoms with van der Waals surface area (Å²) in [6, 6.07) is 6.29. The fraction of sp³-hybridized carbons (Fsp3) is 0.462. The van der Waals surface area contributed by atoms with E-state index in [1.54, 1.807) is 12.1 Å². The Hall–Kier alpha value is -1.45. The average molecular weight is 240 g/mol. The second-order valence-electron chi connectivity index (χ2n) is 4.38. The van der Waals surface area contributed by atoms with Gasteiger partial charge in [-0.05, 0) is 24.3 Å². The van der Waals surface area contributed by atoms with Crippen LogP contribution in [-0.2, 0) is 15.5 Å². The molecular formula is C13H14F2O2. The highest BCUT2D eigenvalue weighted by Crippen LogP contribution is 2.40. The van der Waals surface area contributed by atoms with Crippen LogP contribution in [-0.4, -0.2) is 12.6 Å². The largest absolute Gasteiger partial charge is 0.459 e. The van der Waals surface area contributed by atoms with Crippen molar-refractivity contribution in [3.05, 3.63) is 35.4 Å². The molecule has 1 aromatic rings. The normalized spacial score (nSPS) is 15.7. The van der Waals surface area contributed by atoms with E-state index < -0.39 is 18.5 Å². The Labute approximate surface area is 98.6 Å². The number of hydrogen-bond donors (Lipinski definition) is 0.